The van der Waals surface area contributed by atoms with Gasteiger partial charge in [-0.1, -0.05) is 6.07 Å². The summed E-state index contributed by atoms with van der Waals surface area (Å²) in [5.41, 5.74) is 9.66. The average Bonchev–Trinajstić information content (AvgIpc) is 3.00. The number of rotatable bonds is 4. The van der Waals surface area contributed by atoms with Crippen LogP contribution >= 0.6 is 11.3 Å². The van der Waals surface area contributed by atoms with E-state index in [1.165, 1.54) is 0 Å². The van der Waals surface area contributed by atoms with E-state index in [9.17, 15) is 0 Å². The number of thiazole rings is 1. The lowest BCUT2D eigenvalue weighted by Crippen LogP contribution is -2.06. The van der Waals surface area contributed by atoms with Gasteiger partial charge in [0.2, 0.25) is 5.95 Å². The summed E-state index contributed by atoms with van der Waals surface area (Å²) in [6.07, 6.45) is 1.96. The van der Waals surface area contributed by atoms with Gasteiger partial charge in [-0.3, -0.25) is 4.98 Å². The van der Waals surface area contributed by atoms with Crippen LogP contribution in [0.4, 0.5) is 5.95 Å². The molecule has 1 aromatic carbocycles. The molecular formula is C14H16N4OS. The van der Waals surface area contributed by atoms with E-state index in [1.54, 1.807) is 11.3 Å². The SMILES string of the molecule is CC(C)Oc1cccc2c1nc(N)n2Cc1cncs1. The molecule has 2 heterocycles. The summed E-state index contributed by atoms with van der Waals surface area (Å²) in [5.74, 6) is 1.26. The van der Waals surface area contributed by atoms with E-state index in [2.05, 4.69) is 9.97 Å². The molecule has 0 spiro atoms. The Morgan fingerprint density at radius 1 is 1.40 bits per heavy atom. The van der Waals surface area contributed by atoms with E-state index >= 15 is 0 Å². The third kappa shape index (κ3) is 2.34. The maximum Gasteiger partial charge on any atom is 0.201 e. The summed E-state index contributed by atoms with van der Waals surface area (Å²) in [7, 11) is 0. The number of imidazole rings is 1. The molecular weight excluding hydrogens is 272 g/mol. The van der Waals surface area contributed by atoms with Crippen molar-refractivity contribution in [3.8, 4) is 5.75 Å². The molecule has 2 aromatic heterocycles. The van der Waals surface area contributed by atoms with Crippen LogP contribution in [0.25, 0.3) is 11.0 Å². The molecule has 3 rings (SSSR count). The third-order valence-corrected chi connectivity index (χ3v) is 3.70. The molecule has 0 radical (unpaired) electrons. The predicted octanol–water partition coefficient (Wildman–Crippen LogP) is 2.91. The number of fused-ring (bicyclic) bond motifs is 1. The monoisotopic (exact) mass is 288 g/mol. The minimum absolute atomic E-state index is 0.105. The molecule has 2 N–H and O–H groups in total. The Bertz CT molecular complexity index is 718. The molecule has 5 nitrogen and oxygen atoms in total. The maximum atomic E-state index is 6.05. The van der Waals surface area contributed by atoms with Crippen molar-refractivity contribution in [2.45, 2.75) is 26.5 Å². The van der Waals surface area contributed by atoms with E-state index in [0.717, 1.165) is 21.7 Å². The number of nitrogens with two attached hydrogens (primary N) is 1. The van der Waals surface area contributed by atoms with Crippen molar-refractivity contribution in [3.63, 3.8) is 0 Å². The number of benzene rings is 1. The van der Waals surface area contributed by atoms with Crippen LogP contribution in [-0.4, -0.2) is 20.6 Å². The van der Waals surface area contributed by atoms with Gasteiger partial charge in [-0.15, -0.1) is 11.3 Å². The second kappa shape index (κ2) is 5.13. The first-order valence-electron chi connectivity index (χ1n) is 6.44. The first-order chi connectivity index (χ1) is 9.65. The number of nitrogens with zero attached hydrogens (tertiary/aromatic N) is 3. The Morgan fingerprint density at radius 3 is 2.95 bits per heavy atom. The highest BCUT2D eigenvalue weighted by Crippen LogP contribution is 2.28. The van der Waals surface area contributed by atoms with E-state index in [1.807, 2.05) is 48.3 Å². The van der Waals surface area contributed by atoms with Crippen LogP contribution in [0.2, 0.25) is 0 Å². The lowest BCUT2D eigenvalue weighted by Gasteiger charge is -2.10. The average molecular weight is 288 g/mol. The molecule has 0 amide bonds. The predicted molar refractivity (Wildman–Crippen MR) is 81.1 cm³/mol. The Hall–Kier alpha value is -2.08. The second-order valence-electron chi connectivity index (χ2n) is 4.81. The zero-order chi connectivity index (χ0) is 14.1. The van der Waals surface area contributed by atoms with Gasteiger partial charge in [0.05, 0.1) is 23.7 Å². The van der Waals surface area contributed by atoms with Gasteiger partial charge in [-0.25, -0.2) is 4.98 Å². The van der Waals surface area contributed by atoms with Crippen molar-refractivity contribution < 1.29 is 4.74 Å². The van der Waals surface area contributed by atoms with Crippen molar-refractivity contribution in [1.29, 1.82) is 0 Å². The van der Waals surface area contributed by atoms with Gasteiger partial charge in [0.1, 0.15) is 11.3 Å². The normalized spacial score (nSPS) is 11.3. The summed E-state index contributed by atoms with van der Waals surface area (Å²) in [5, 5.41) is 0. The Labute approximate surface area is 121 Å². The molecule has 6 heteroatoms. The highest BCUT2D eigenvalue weighted by Gasteiger charge is 2.13. The van der Waals surface area contributed by atoms with Gasteiger partial charge < -0.3 is 15.0 Å². The van der Waals surface area contributed by atoms with E-state index in [4.69, 9.17) is 10.5 Å². The summed E-state index contributed by atoms with van der Waals surface area (Å²) >= 11 is 1.61. The summed E-state index contributed by atoms with van der Waals surface area (Å²) in [6, 6.07) is 5.89. The van der Waals surface area contributed by atoms with Crippen LogP contribution in [0.5, 0.6) is 5.75 Å². The standard InChI is InChI=1S/C14H16N4OS/c1-9(2)19-12-5-3-4-11-13(12)17-14(15)18(11)7-10-6-16-8-20-10/h3-6,8-9H,7H2,1-2H3,(H2,15,17). The zero-order valence-corrected chi connectivity index (χ0v) is 12.2. The third-order valence-electron chi connectivity index (χ3n) is 2.93. The number of nitrogen functional groups attached to an aromatic ring is 1. The molecule has 20 heavy (non-hydrogen) atoms. The fourth-order valence-corrected chi connectivity index (χ4v) is 2.71. The molecule has 0 unspecified atom stereocenters. The van der Waals surface area contributed by atoms with Crippen LogP contribution in [0.15, 0.2) is 29.9 Å². The highest BCUT2D eigenvalue weighted by atomic mass is 32.1. The summed E-state index contributed by atoms with van der Waals surface area (Å²) < 4.78 is 7.77. The molecule has 0 saturated carbocycles. The lowest BCUT2D eigenvalue weighted by molar-refractivity contribution is 0.245. The fourth-order valence-electron chi connectivity index (χ4n) is 2.13. The molecule has 104 valence electrons. The first kappa shape index (κ1) is 12.9. The van der Waals surface area contributed by atoms with E-state index in [-0.39, 0.29) is 6.10 Å². The number of hydrogen-bond donors (Lipinski definition) is 1. The molecule has 0 saturated heterocycles. The summed E-state index contributed by atoms with van der Waals surface area (Å²) in [6.45, 7) is 4.67. The van der Waals surface area contributed by atoms with E-state index < -0.39 is 0 Å². The number of hydrogen-bond acceptors (Lipinski definition) is 5. The van der Waals surface area contributed by atoms with Gasteiger partial charge in [0, 0.05) is 11.1 Å². The second-order valence-corrected chi connectivity index (χ2v) is 5.79. The van der Waals surface area contributed by atoms with Crippen molar-refractivity contribution in [3.05, 3.63) is 34.8 Å². The van der Waals surface area contributed by atoms with Crippen LogP contribution < -0.4 is 10.5 Å². The highest BCUT2D eigenvalue weighted by molar-refractivity contribution is 7.09. The quantitative estimate of drug-likeness (QED) is 0.801. The van der Waals surface area contributed by atoms with Crippen molar-refractivity contribution in [2.24, 2.45) is 0 Å². The Kier molecular flexibility index (Phi) is 3.31. The zero-order valence-electron chi connectivity index (χ0n) is 11.4. The molecule has 0 fully saturated rings. The van der Waals surface area contributed by atoms with Gasteiger partial charge in [-0.2, -0.15) is 0 Å². The number of aromatic nitrogens is 3. The molecule has 3 aromatic rings. The number of para-hydroxylation sites is 1. The number of ether oxygens (including phenoxy) is 1. The molecule has 0 atom stereocenters. The van der Waals surface area contributed by atoms with Crippen molar-refractivity contribution in [1.82, 2.24) is 14.5 Å². The van der Waals surface area contributed by atoms with Crippen LogP contribution in [0.1, 0.15) is 18.7 Å². The number of anilines is 1. The smallest absolute Gasteiger partial charge is 0.201 e. The van der Waals surface area contributed by atoms with Crippen molar-refractivity contribution >= 4 is 28.3 Å². The van der Waals surface area contributed by atoms with Crippen LogP contribution in [0, 0.1) is 0 Å². The summed E-state index contributed by atoms with van der Waals surface area (Å²) in [4.78, 5) is 9.68. The topological polar surface area (TPSA) is 66.0 Å². The minimum atomic E-state index is 0.105. The van der Waals surface area contributed by atoms with Crippen molar-refractivity contribution in [2.75, 3.05) is 5.73 Å². The fraction of sp³-hybridized carbons (Fsp3) is 0.286. The first-order valence-corrected chi connectivity index (χ1v) is 7.32. The largest absolute Gasteiger partial charge is 0.489 e. The van der Waals surface area contributed by atoms with Gasteiger partial charge in [-0.05, 0) is 26.0 Å². The minimum Gasteiger partial charge on any atom is -0.489 e. The van der Waals surface area contributed by atoms with Gasteiger partial charge in [0.15, 0.2) is 0 Å². The van der Waals surface area contributed by atoms with Crippen LogP contribution in [-0.2, 0) is 6.54 Å². The molecule has 0 bridgehead atoms. The molecule has 0 aliphatic carbocycles. The molecule has 0 aliphatic heterocycles. The van der Waals surface area contributed by atoms with Crippen LogP contribution in [0.3, 0.4) is 0 Å². The lowest BCUT2D eigenvalue weighted by atomic mass is 10.3. The maximum absolute atomic E-state index is 6.05. The Morgan fingerprint density at radius 2 is 2.25 bits per heavy atom. The Balaban J connectivity index is 2.07. The molecule has 0 aliphatic rings. The van der Waals surface area contributed by atoms with Gasteiger partial charge in [0.25, 0.3) is 0 Å². The van der Waals surface area contributed by atoms with Gasteiger partial charge >= 0.3 is 0 Å². The van der Waals surface area contributed by atoms with E-state index in [0.29, 0.717) is 12.5 Å².